The Morgan fingerprint density at radius 1 is 1.30 bits per heavy atom. The smallest absolute Gasteiger partial charge is 0.308 e. The number of carbonyl (C=O) groups is 1. The minimum atomic E-state index is -0.826. The molecule has 0 aliphatic heterocycles. The van der Waals surface area contributed by atoms with E-state index in [-0.39, 0.29) is 6.42 Å². The lowest BCUT2D eigenvalue weighted by atomic mass is 10.0. The van der Waals surface area contributed by atoms with E-state index in [4.69, 9.17) is 9.84 Å². The van der Waals surface area contributed by atoms with Crippen molar-refractivity contribution in [2.75, 3.05) is 6.61 Å². The average molecular weight is 330 g/mol. The van der Waals surface area contributed by atoms with Crippen molar-refractivity contribution in [1.82, 2.24) is 9.38 Å². The first-order chi connectivity index (χ1) is 11.0. The Hall–Kier alpha value is -2.34. The number of hydrogen-bond acceptors (Lipinski definition) is 4. The van der Waals surface area contributed by atoms with Crippen molar-refractivity contribution in [2.24, 2.45) is 0 Å². The Labute approximate surface area is 138 Å². The summed E-state index contributed by atoms with van der Waals surface area (Å²) in [5, 5.41) is 8.86. The highest BCUT2D eigenvalue weighted by Gasteiger charge is 2.13. The molecule has 0 saturated heterocycles. The van der Waals surface area contributed by atoms with Crippen LogP contribution >= 0.6 is 11.3 Å². The molecule has 0 radical (unpaired) electrons. The number of aromatic nitrogens is 2. The minimum Gasteiger partial charge on any atom is -0.494 e. The molecule has 0 aliphatic carbocycles. The Bertz CT molecular complexity index is 848. The van der Waals surface area contributed by atoms with E-state index in [2.05, 4.69) is 11.1 Å². The summed E-state index contributed by atoms with van der Waals surface area (Å²) in [5.74, 6) is 0.0752. The van der Waals surface area contributed by atoms with Gasteiger partial charge >= 0.3 is 5.97 Å². The fourth-order valence-electron chi connectivity index (χ4n) is 2.58. The summed E-state index contributed by atoms with van der Waals surface area (Å²) < 4.78 is 7.52. The zero-order valence-electron chi connectivity index (χ0n) is 13.3. The van der Waals surface area contributed by atoms with Gasteiger partial charge in [-0.05, 0) is 44.0 Å². The van der Waals surface area contributed by atoms with Gasteiger partial charge in [0.1, 0.15) is 5.75 Å². The molecular formula is C17H18N2O3S. The van der Waals surface area contributed by atoms with Crippen LogP contribution in [0.4, 0.5) is 0 Å². The van der Waals surface area contributed by atoms with Crippen LogP contribution in [0.15, 0.2) is 24.5 Å². The van der Waals surface area contributed by atoms with E-state index in [1.54, 1.807) is 0 Å². The van der Waals surface area contributed by atoms with Gasteiger partial charge in [-0.3, -0.25) is 9.20 Å². The van der Waals surface area contributed by atoms with Crippen LogP contribution in [-0.4, -0.2) is 27.1 Å². The van der Waals surface area contributed by atoms with Crippen molar-refractivity contribution in [3.63, 3.8) is 0 Å². The summed E-state index contributed by atoms with van der Waals surface area (Å²) in [4.78, 5) is 17.0. The molecule has 0 fully saturated rings. The van der Waals surface area contributed by atoms with Gasteiger partial charge in [0.25, 0.3) is 0 Å². The third-order valence-corrected chi connectivity index (χ3v) is 4.62. The van der Waals surface area contributed by atoms with Gasteiger partial charge in [-0.25, -0.2) is 4.98 Å². The number of fused-ring (bicyclic) bond motifs is 1. The van der Waals surface area contributed by atoms with E-state index in [1.807, 2.05) is 43.6 Å². The Kier molecular flexibility index (Phi) is 4.09. The monoisotopic (exact) mass is 330 g/mol. The van der Waals surface area contributed by atoms with Crippen LogP contribution in [0.2, 0.25) is 0 Å². The first-order valence-corrected chi connectivity index (χ1v) is 8.23. The molecule has 3 aromatic rings. The van der Waals surface area contributed by atoms with Gasteiger partial charge in [0, 0.05) is 22.8 Å². The Morgan fingerprint density at radius 3 is 2.74 bits per heavy atom. The van der Waals surface area contributed by atoms with Gasteiger partial charge < -0.3 is 9.84 Å². The second-order valence-electron chi connectivity index (χ2n) is 5.45. The summed E-state index contributed by atoms with van der Waals surface area (Å²) in [5.41, 5.74) is 4.15. The second kappa shape index (κ2) is 6.04. The molecule has 120 valence electrons. The van der Waals surface area contributed by atoms with Crippen molar-refractivity contribution in [1.29, 1.82) is 0 Å². The lowest BCUT2D eigenvalue weighted by Gasteiger charge is -2.11. The highest BCUT2D eigenvalue weighted by Crippen LogP contribution is 2.31. The maximum absolute atomic E-state index is 10.8. The molecule has 1 aromatic carbocycles. The molecule has 2 heterocycles. The zero-order chi connectivity index (χ0) is 16.6. The Balaban J connectivity index is 1.98. The number of hydrogen-bond donors (Lipinski definition) is 1. The maximum atomic E-state index is 10.8. The molecule has 23 heavy (non-hydrogen) atoms. The first kappa shape index (κ1) is 15.6. The Morgan fingerprint density at radius 2 is 2.09 bits per heavy atom. The summed E-state index contributed by atoms with van der Waals surface area (Å²) in [6.45, 7) is 6.69. The lowest BCUT2D eigenvalue weighted by molar-refractivity contribution is -0.136. The first-order valence-electron chi connectivity index (χ1n) is 7.41. The molecule has 1 N–H and O–H groups in total. The molecule has 0 atom stereocenters. The number of ether oxygens (including phenoxy) is 1. The van der Waals surface area contributed by atoms with Gasteiger partial charge in [0.05, 0.1) is 18.7 Å². The maximum Gasteiger partial charge on any atom is 0.308 e. The zero-order valence-corrected chi connectivity index (χ0v) is 14.1. The number of nitrogens with zero attached hydrogens (tertiary/aromatic N) is 2. The topological polar surface area (TPSA) is 63.8 Å². The van der Waals surface area contributed by atoms with Crippen LogP contribution in [0.1, 0.15) is 22.9 Å². The van der Waals surface area contributed by atoms with Gasteiger partial charge in [-0.15, -0.1) is 11.3 Å². The van der Waals surface area contributed by atoms with Gasteiger partial charge in [-0.1, -0.05) is 0 Å². The molecule has 2 aromatic heterocycles. The molecule has 0 spiro atoms. The molecule has 6 heteroatoms. The van der Waals surface area contributed by atoms with Gasteiger partial charge in [0.15, 0.2) is 4.96 Å². The number of imidazole rings is 1. The predicted molar refractivity (Wildman–Crippen MR) is 90.5 cm³/mol. The SMILES string of the molecule is CCOc1cc(C)c(-c2cn3cc(CC(=O)O)sc3n2)cc1C. The van der Waals surface area contributed by atoms with E-state index < -0.39 is 5.97 Å². The lowest BCUT2D eigenvalue weighted by Crippen LogP contribution is -1.97. The van der Waals surface area contributed by atoms with E-state index in [1.165, 1.54) is 11.3 Å². The number of carboxylic acids is 1. The molecule has 0 amide bonds. The fourth-order valence-corrected chi connectivity index (χ4v) is 3.53. The van der Waals surface area contributed by atoms with Crippen molar-refractivity contribution >= 4 is 22.3 Å². The van der Waals surface area contributed by atoms with Crippen LogP contribution in [-0.2, 0) is 11.2 Å². The average Bonchev–Trinajstić information content (AvgIpc) is 3.00. The standard InChI is InChI=1S/C17H18N2O3S/c1-4-22-15-6-10(2)13(5-11(15)3)14-9-19-8-12(7-16(20)21)23-17(19)18-14/h5-6,8-9H,4,7H2,1-3H3,(H,20,21). The number of aryl methyl sites for hydroxylation is 2. The molecular weight excluding hydrogens is 312 g/mol. The highest BCUT2D eigenvalue weighted by molar-refractivity contribution is 7.17. The van der Waals surface area contributed by atoms with Crippen molar-refractivity contribution in [3.05, 3.63) is 40.5 Å². The molecule has 0 saturated carbocycles. The summed E-state index contributed by atoms with van der Waals surface area (Å²) >= 11 is 1.41. The van der Waals surface area contributed by atoms with E-state index in [9.17, 15) is 4.79 Å². The third kappa shape index (κ3) is 3.07. The van der Waals surface area contributed by atoms with E-state index in [0.717, 1.165) is 38.0 Å². The highest BCUT2D eigenvalue weighted by atomic mass is 32.1. The van der Waals surface area contributed by atoms with Crippen LogP contribution in [0.25, 0.3) is 16.2 Å². The number of aliphatic carboxylic acids is 1. The molecule has 3 rings (SSSR count). The number of carboxylic acid groups (broad SMARTS) is 1. The van der Waals surface area contributed by atoms with E-state index in [0.29, 0.717) is 6.61 Å². The van der Waals surface area contributed by atoms with Crippen molar-refractivity contribution in [2.45, 2.75) is 27.2 Å². The third-order valence-electron chi connectivity index (χ3n) is 3.63. The predicted octanol–water partition coefficient (Wildman–Crippen LogP) is 3.71. The van der Waals surface area contributed by atoms with Crippen LogP contribution in [0.3, 0.4) is 0 Å². The van der Waals surface area contributed by atoms with Crippen molar-refractivity contribution in [3.8, 4) is 17.0 Å². The molecule has 0 aliphatic rings. The quantitative estimate of drug-likeness (QED) is 0.774. The summed E-state index contributed by atoms with van der Waals surface area (Å²) in [6.07, 6.45) is 3.81. The fraction of sp³-hybridized carbons (Fsp3) is 0.294. The molecule has 0 unspecified atom stereocenters. The normalized spacial score (nSPS) is 11.1. The molecule has 5 nitrogen and oxygen atoms in total. The molecule has 0 bridgehead atoms. The van der Waals surface area contributed by atoms with E-state index >= 15 is 0 Å². The number of benzene rings is 1. The number of rotatable bonds is 5. The van der Waals surface area contributed by atoms with Crippen LogP contribution in [0, 0.1) is 13.8 Å². The summed E-state index contributed by atoms with van der Waals surface area (Å²) in [7, 11) is 0. The summed E-state index contributed by atoms with van der Waals surface area (Å²) in [6, 6.07) is 4.13. The largest absolute Gasteiger partial charge is 0.494 e. The van der Waals surface area contributed by atoms with Crippen molar-refractivity contribution < 1.29 is 14.6 Å². The van der Waals surface area contributed by atoms with Gasteiger partial charge in [-0.2, -0.15) is 0 Å². The van der Waals surface area contributed by atoms with Crippen LogP contribution in [0.5, 0.6) is 5.75 Å². The minimum absolute atomic E-state index is 0.0323. The van der Waals surface area contributed by atoms with Crippen LogP contribution < -0.4 is 4.74 Å². The second-order valence-corrected chi connectivity index (χ2v) is 6.54. The van der Waals surface area contributed by atoms with Gasteiger partial charge in [0.2, 0.25) is 0 Å². The number of thiazole rings is 1.